The first kappa shape index (κ1) is 59.5. The molecule has 0 spiro atoms. The lowest BCUT2D eigenvalue weighted by Crippen LogP contribution is -2.56. The Morgan fingerprint density at radius 3 is 2.09 bits per heavy atom. The number of carbonyl (C=O) groups is 10. The van der Waals surface area contributed by atoms with E-state index in [-0.39, 0.29) is 69.3 Å². The van der Waals surface area contributed by atoms with Crippen molar-refractivity contribution >= 4 is 59.1 Å². The van der Waals surface area contributed by atoms with Crippen LogP contribution in [-0.4, -0.2) is 128 Å². The number of hydroxylamine groups is 2. The van der Waals surface area contributed by atoms with Gasteiger partial charge in [0.2, 0.25) is 41.4 Å². The number of hydrogen-bond acceptors (Lipinski definition) is 13. The summed E-state index contributed by atoms with van der Waals surface area (Å²) in [6.07, 6.45) is 2.71. The van der Waals surface area contributed by atoms with Gasteiger partial charge in [-0.3, -0.25) is 48.1 Å². The van der Waals surface area contributed by atoms with Gasteiger partial charge in [0, 0.05) is 74.3 Å². The highest BCUT2D eigenvalue weighted by Crippen LogP contribution is 2.41. The summed E-state index contributed by atoms with van der Waals surface area (Å²) in [4.78, 5) is 140. The molecule has 8 N–H and O–H groups in total. The summed E-state index contributed by atoms with van der Waals surface area (Å²) in [6.45, 7) is 6.72. The van der Waals surface area contributed by atoms with Gasteiger partial charge in [-0.05, 0) is 79.6 Å². The first-order chi connectivity index (χ1) is 36.4. The van der Waals surface area contributed by atoms with E-state index >= 15 is 4.39 Å². The van der Waals surface area contributed by atoms with Crippen LogP contribution in [0, 0.1) is 17.0 Å². The van der Waals surface area contributed by atoms with Crippen molar-refractivity contribution in [2.24, 2.45) is 11.1 Å². The molecule has 0 bridgehead atoms. The Labute approximate surface area is 442 Å². The Hall–Kier alpha value is -8.41. The first-order valence-corrected chi connectivity index (χ1v) is 24.8. The molecule has 4 aromatic rings. The number of pyridine rings is 1. The Balaban J connectivity index is 1.36. The molecule has 1 fully saturated rings. The number of primary amides is 1. The van der Waals surface area contributed by atoms with E-state index in [0.29, 0.717) is 16.3 Å². The third-order valence-electron chi connectivity index (χ3n) is 12.3. The third-order valence-corrected chi connectivity index (χ3v) is 12.3. The fourth-order valence-electron chi connectivity index (χ4n) is 8.42. The van der Waals surface area contributed by atoms with Crippen molar-refractivity contribution in [2.45, 2.75) is 116 Å². The van der Waals surface area contributed by atoms with Gasteiger partial charge in [-0.15, -0.1) is 5.06 Å². The number of aromatic nitrogens is 2. The summed E-state index contributed by atoms with van der Waals surface area (Å²) >= 11 is 0. The van der Waals surface area contributed by atoms with Gasteiger partial charge in [0.25, 0.3) is 11.8 Å². The molecule has 2 aromatic carbocycles. The van der Waals surface area contributed by atoms with Gasteiger partial charge >= 0.3 is 5.97 Å². The number of benzene rings is 2. The number of amides is 9. The molecular formula is C53H64F2N10O12. The average Bonchev–Trinajstić information content (AvgIpc) is 3.94. The summed E-state index contributed by atoms with van der Waals surface area (Å²) in [6, 6.07) is 10.4. The molecule has 24 heteroatoms. The summed E-state index contributed by atoms with van der Waals surface area (Å²) in [7, 11) is 0. The predicted molar refractivity (Wildman–Crippen MR) is 271 cm³/mol. The number of carbonyl (C=O) groups excluding carboxylic acids is 10. The fourth-order valence-corrected chi connectivity index (χ4v) is 8.42. The van der Waals surface area contributed by atoms with E-state index in [9.17, 15) is 57.4 Å². The van der Waals surface area contributed by atoms with Crippen LogP contribution >= 0.6 is 0 Å². The van der Waals surface area contributed by atoms with Crippen LogP contribution in [0.5, 0.6) is 0 Å². The zero-order chi connectivity index (χ0) is 56.6. The molecule has 0 radical (unpaired) electrons. The van der Waals surface area contributed by atoms with E-state index in [1.807, 2.05) is 30.3 Å². The standard InChI is InChI=1S/C53H64F2N10O12/c1-31(59-42(67)24-33-17-21-57-22-18-33)50(74)60-32(2)51(75)62-40(49(56)73)27-43(68)61-39(52(76)58-20-9-12-47(72)77-65-44(69)15-16-45(65)70)19-23-64(46(71)30-66)48(53(3,4)5)41-25-35(37-26-36(54)13-14-38(37)55)29-63(41)28-34-10-7-6-8-11-34/h6-8,10-11,13-14,17-18,21-22,25-26,29,31-32,39-40,48,66H,9,12,15-16,19-20,23-24,27-28,30H2,1-5H3,(H2,56,73)(H,58,76)(H,59,67)(H,60,74)(H,61,68)(H,62,75). The number of nitrogens with one attached hydrogen (secondary N) is 5. The molecule has 22 nitrogen and oxygen atoms in total. The average molecular weight is 1070 g/mol. The van der Waals surface area contributed by atoms with E-state index in [1.54, 1.807) is 49.7 Å². The van der Waals surface area contributed by atoms with Crippen molar-refractivity contribution in [3.05, 3.63) is 114 Å². The normalized spacial score (nSPS) is 14.3. The molecular weight excluding hydrogens is 1010 g/mol. The second-order valence-corrected chi connectivity index (χ2v) is 19.5. The molecule has 9 amide bonds. The molecule has 1 aliphatic heterocycles. The van der Waals surface area contributed by atoms with E-state index in [4.69, 9.17) is 10.6 Å². The maximum absolute atomic E-state index is 15.4. The molecule has 1 saturated heterocycles. The quantitative estimate of drug-likeness (QED) is 0.0349. The number of aliphatic hydroxyl groups excluding tert-OH is 1. The van der Waals surface area contributed by atoms with E-state index in [0.717, 1.165) is 23.8 Å². The smallest absolute Gasteiger partial charge is 0.333 e. The first-order valence-electron chi connectivity index (χ1n) is 24.8. The Kier molecular flexibility index (Phi) is 21.2. The summed E-state index contributed by atoms with van der Waals surface area (Å²) in [5.74, 6) is -9.73. The predicted octanol–water partition coefficient (Wildman–Crippen LogP) is 1.78. The molecule has 77 heavy (non-hydrogen) atoms. The summed E-state index contributed by atoms with van der Waals surface area (Å²) < 4.78 is 31.7. The number of imide groups is 1. The van der Waals surface area contributed by atoms with Crippen molar-refractivity contribution in [1.29, 1.82) is 0 Å². The van der Waals surface area contributed by atoms with E-state index < -0.39 is 119 Å². The van der Waals surface area contributed by atoms with Gasteiger partial charge < -0.3 is 51.7 Å². The van der Waals surface area contributed by atoms with Crippen LogP contribution in [0.25, 0.3) is 11.1 Å². The maximum atomic E-state index is 15.4. The van der Waals surface area contributed by atoms with Crippen molar-refractivity contribution in [1.82, 2.24) is 46.1 Å². The zero-order valence-electron chi connectivity index (χ0n) is 43.3. The highest BCUT2D eigenvalue weighted by molar-refractivity contribution is 6.01. The minimum absolute atomic E-state index is 0.0473. The lowest BCUT2D eigenvalue weighted by atomic mass is 9.82. The zero-order valence-corrected chi connectivity index (χ0v) is 43.3. The Morgan fingerprint density at radius 2 is 1.45 bits per heavy atom. The summed E-state index contributed by atoms with van der Waals surface area (Å²) in [5, 5.41) is 23.2. The number of halogens is 2. The monoisotopic (exact) mass is 1070 g/mol. The van der Waals surface area contributed by atoms with Gasteiger partial charge in [0.1, 0.15) is 42.4 Å². The fraction of sp³-hybridized carbons (Fsp3) is 0.415. The van der Waals surface area contributed by atoms with Gasteiger partial charge in [0.15, 0.2) is 0 Å². The lowest BCUT2D eigenvalue weighted by Gasteiger charge is -2.41. The molecule has 1 aliphatic rings. The van der Waals surface area contributed by atoms with E-state index in [2.05, 4.69) is 31.6 Å². The van der Waals surface area contributed by atoms with Crippen LogP contribution in [0.3, 0.4) is 0 Å². The highest BCUT2D eigenvalue weighted by atomic mass is 19.1. The minimum Gasteiger partial charge on any atom is -0.387 e. The van der Waals surface area contributed by atoms with Crippen molar-refractivity contribution in [2.75, 3.05) is 19.7 Å². The number of rotatable bonds is 26. The largest absolute Gasteiger partial charge is 0.387 e. The lowest BCUT2D eigenvalue weighted by molar-refractivity contribution is -0.197. The number of hydrogen-bond donors (Lipinski definition) is 7. The van der Waals surface area contributed by atoms with Gasteiger partial charge in [-0.2, -0.15) is 0 Å². The van der Waals surface area contributed by atoms with Crippen molar-refractivity contribution < 1.29 is 66.7 Å². The molecule has 0 aliphatic carbocycles. The summed E-state index contributed by atoms with van der Waals surface area (Å²) in [5.41, 5.74) is 6.83. The number of aliphatic hydroxyl groups is 1. The van der Waals surface area contributed by atoms with Crippen LogP contribution in [0.2, 0.25) is 0 Å². The van der Waals surface area contributed by atoms with E-state index in [1.165, 1.54) is 31.1 Å². The second-order valence-electron chi connectivity index (χ2n) is 19.5. The number of nitrogens with zero attached hydrogens (tertiary/aromatic N) is 4. The third kappa shape index (κ3) is 17.3. The highest BCUT2D eigenvalue weighted by Gasteiger charge is 2.39. The molecule has 3 heterocycles. The van der Waals surface area contributed by atoms with Crippen LogP contribution in [0.15, 0.2) is 85.3 Å². The van der Waals surface area contributed by atoms with Gasteiger partial charge in [0.05, 0.1) is 18.9 Å². The topological polar surface area (TPSA) is 311 Å². The molecule has 5 rings (SSSR count). The Bertz CT molecular complexity index is 2790. The SMILES string of the molecule is CC(NC(=O)Cc1ccncc1)C(=O)NC(C)C(=O)NC(CC(=O)NC(CCN(C(=O)CO)C(c1cc(-c2cc(F)ccc2F)cn1Cc1ccccc1)C(C)(C)C)C(=O)NCCCC(=O)ON1C(=O)CCC1=O)C(N)=O. The van der Waals surface area contributed by atoms with Gasteiger partial charge in [-0.1, -0.05) is 51.1 Å². The molecule has 0 saturated carbocycles. The van der Waals surface area contributed by atoms with Crippen LogP contribution in [0.4, 0.5) is 8.78 Å². The molecule has 5 unspecified atom stereocenters. The van der Waals surface area contributed by atoms with Crippen molar-refractivity contribution in [3.63, 3.8) is 0 Å². The number of nitrogens with two attached hydrogens (primary N) is 1. The van der Waals surface area contributed by atoms with Crippen molar-refractivity contribution in [3.8, 4) is 11.1 Å². The van der Waals surface area contributed by atoms with Crippen LogP contribution in [0.1, 0.15) is 96.0 Å². The minimum atomic E-state index is -1.70. The molecule has 412 valence electrons. The van der Waals surface area contributed by atoms with Gasteiger partial charge in [-0.25, -0.2) is 13.6 Å². The second kappa shape index (κ2) is 27.4. The molecule has 5 atom stereocenters. The maximum Gasteiger partial charge on any atom is 0.333 e. The van der Waals surface area contributed by atoms with Crippen LogP contribution in [-0.2, 0) is 65.7 Å². The Morgan fingerprint density at radius 1 is 0.805 bits per heavy atom. The van der Waals surface area contributed by atoms with Crippen LogP contribution < -0.4 is 32.3 Å². The molecule has 2 aromatic heterocycles.